The molecule has 0 amide bonds. The molecular weight excluding hydrogens is 329 g/mol. The van der Waals surface area contributed by atoms with Crippen LogP contribution >= 0.6 is 11.8 Å². The highest BCUT2D eigenvalue weighted by Crippen LogP contribution is 2.22. The lowest BCUT2D eigenvalue weighted by atomic mass is 10.1. The van der Waals surface area contributed by atoms with Crippen molar-refractivity contribution in [2.45, 2.75) is 5.16 Å². The van der Waals surface area contributed by atoms with Crippen molar-refractivity contribution in [2.75, 3.05) is 12.9 Å². The highest BCUT2D eigenvalue weighted by atomic mass is 32.2. The van der Waals surface area contributed by atoms with E-state index < -0.39 is 0 Å². The number of halogens is 1. The van der Waals surface area contributed by atoms with E-state index in [2.05, 4.69) is 15.2 Å². The Bertz CT molecular complexity index is 849. The zero-order valence-corrected chi connectivity index (χ0v) is 13.6. The number of Topliss-reactive ketones (excluding diaryl/α,β-unsaturated/α-hetero) is 1. The minimum absolute atomic E-state index is 0.0418. The summed E-state index contributed by atoms with van der Waals surface area (Å²) in [6, 6.07) is 13.2. The Morgan fingerprint density at radius 1 is 1.21 bits per heavy atom. The molecule has 1 heterocycles. The standard InChI is InChI=1S/C17H14FN3O2S/c1-23-12-8-6-11(7-9-12)15(22)10-24-17-19-16(20-21-17)13-4-2-3-5-14(13)18/h2-9H,10H2,1H3,(H,19,20,21). The number of thioether (sulfide) groups is 1. The Kier molecular flexibility index (Phi) is 4.90. The van der Waals surface area contributed by atoms with Crippen molar-refractivity contribution in [3.63, 3.8) is 0 Å². The molecule has 3 aromatic rings. The predicted molar refractivity (Wildman–Crippen MR) is 89.8 cm³/mol. The van der Waals surface area contributed by atoms with Gasteiger partial charge in [-0.3, -0.25) is 9.89 Å². The van der Waals surface area contributed by atoms with E-state index in [1.165, 1.54) is 17.8 Å². The fraction of sp³-hybridized carbons (Fsp3) is 0.118. The quantitative estimate of drug-likeness (QED) is 0.547. The van der Waals surface area contributed by atoms with Gasteiger partial charge in [-0.15, -0.1) is 5.10 Å². The third-order valence-electron chi connectivity index (χ3n) is 3.34. The first-order valence-corrected chi connectivity index (χ1v) is 8.13. The summed E-state index contributed by atoms with van der Waals surface area (Å²) in [4.78, 5) is 16.4. The smallest absolute Gasteiger partial charge is 0.209 e. The highest BCUT2D eigenvalue weighted by molar-refractivity contribution is 7.99. The zero-order chi connectivity index (χ0) is 16.9. The fourth-order valence-electron chi connectivity index (χ4n) is 2.08. The van der Waals surface area contributed by atoms with Crippen LogP contribution in [0.2, 0.25) is 0 Å². The monoisotopic (exact) mass is 343 g/mol. The summed E-state index contributed by atoms with van der Waals surface area (Å²) in [6.45, 7) is 0. The van der Waals surface area contributed by atoms with E-state index >= 15 is 0 Å². The number of rotatable bonds is 6. The van der Waals surface area contributed by atoms with Crippen LogP contribution in [0.3, 0.4) is 0 Å². The van der Waals surface area contributed by atoms with Crippen LogP contribution in [0, 0.1) is 5.82 Å². The van der Waals surface area contributed by atoms with Crippen LogP contribution in [0.25, 0.3) is 11.4 Å². The van der Waals surface area contributed by atoms with Gasteiger partial charge in [-0.05, 0) is 36.4 Å². The molecule has 0 aliphatic heterocycles. The van der Waals surface area contributed by atoms with E-state index in [4.69, 9.17) is 4.74 Å². The number of hydrogen-bond acceptors (Lipinski definition) is 5. The van der Waals surface area contributed by atoms with Crippen LogP contribution in [0.15, 0.2) is 53.7 Å². The minimum Gasteiger partial charge on any atom is -0.497 e. The summed E-state index contributed by atoms with van der Waals surface area (Å²) in [7, 11) is 1.57. The normalized spacial score (nSPS) is 10.6. The summed E-state index contributed by atoms with van der Waals surface area (Å²) < 4.78 is 18.8. The first-order chi connectivity index (χ1) is 11.7. The van der Waals surface area contributed by atoms with Crippen LogP contribution in [-0.2, 0) is 0 Å². The summed E-state index contributed by atoms with van der Waals surface area (Å²) in [5.41, 5.74) is 0.937. The number of hydrogen-bond donors (Lipinski definition) is 1. The number of nitrogens with one attached hydrogen (secondary N) is 1. The lowest BCUT2D eigenvalue weighted by Gasteiger charge is -2.01. The molecule has 2 aromatic carbocycles. The number of carbonyl (C=O) groups excluding carboxylic acids is 1. The maximum Gasteiger partial charge on any atom is 0.209 e. The number of aromatic amines is 1. The molecule has 0 atom stereocenters. The second-order valence-electron chi connectivity index (χ2n) is 4.89. The summed E-state index contributed by atoms with van der Waals surface area (Å²) in [6.07, 6.45) is 0. The Labute approximate surface area is 142 Å². The molecule has 0 saturated heterocycles. The van der Waals surface area contributed by atoms with E-state index in [0.717, 1.165) is 0 Å². The van der Waals surface area contributed by atoms with Gasteiger partial charge >= 0.3 is 0 Å². The molecule has 0 aliphatic carbocycles. The van der Waals surface area contributed by atoms with Gasteiger partial charge < -0.3 is 4.74 Å². The maximum absolute atomic E-state index is 13.7. The Balaban J connectivity index is 1.65. The van der Waals surface area contributed by atoms with E-state index in [0.29, 0.717) is 27.9 Å². The van der Waals surface area contributed by atoms with Crippen molar-refractivity contribution in [3.8, 4) is 17.1 Å². The van der Waals surface area contributed by atoms with Crippen molar-refractivity contribution in [2.24, 2.45) is 0 Å². The van der Waals surface area contributed by atoms with Crippen LogP contribution in [0.4, 0.5) is 4.39 Å². The largest absolute Gasteiger partial charge is 0.497 e. The molecule has 0 aliphatic rings. The summed E-state index contributed by atoms with van der Waals surface area (Å²) in [5, 5.41) is 7.10. The van der Waals surface area contributed by atoms with Crippen LogP contribution in [-0.4, -0.2) is 33.8 Å². The highest BCUT2D eigenvalue weighted by Gasteiger charge is 2.12. The number of ether oxygens (including phenoxy) is 1. The number of ketones is 1. The molecule has 0 fully saturated rings. The number of carbonyl (C=O) groups is 1. The zero-order valence-electron chi connectivity index (χ0n) is 12.8. The van der Waals surface area contributed by atoms with Crippen molar-refractivity contribution in [1.29, 1.82) is 0 Å². The van der Waals surface area contributed by atoms with Crippen LogP contribution < -0.4 is 4.74 Å². The van der Waals surface area contributed by atoms with Gasteiger partial charge in [-0.2, -0.15) is 0 Å². The van der Waals surface area contributed by atoms with Gasteiger partial charge in [0, 0.05) is 5.56 Å². The topological polar surface area (TPSA) is 67.9 Å². The molecule has 1 aromatic heterocycles. The van der Waals surface area contributed by atoms with Gasteiger partial charge in [0.05, 0.1) is 18.4 Å². The third-order valence-corrected chi connectivity index (χ3v) is 4.19. The summed E-state index contributed by atoms with van der Waals surface area (Å²) in [5.74, 6) is 0.815. The van der Waals surface area contributed by atoms with Crippen molar-refractivity contribution in [3.05, 3.63) is 59.9 Å². The lowest BCUT2D eigenvalue weighted by Crippen LogP contribution is -2.02. The number of methoxy groups -OCH3 is 1. The number of nitrogens with zero attached hydrogens (tertiary/aromatic N) is 2. The molecule has 5 nitrogen and oxygen atoms in total. The lowest BCUT2D eigenvalue weighted by molar-refractivity contribution is 0.102. The Morgan fingerprint density at radius 2 is 1.96 bits per heavy atom. The second kappa shape index (κ2) is 7.27. The second-order valence-corrected chi connectivity index (χ2v) is 5.83. The van der Waals surface area contributed by atoms with Gasteiger partial charge in [0.25, 0.3) is 0 Å². The minimum atomic E-state index is -0.375. The number of H-pyrrole nitrogens is 1. The van der Waals surface area contributed by atoms with Gasteiger partial charge in [-0.25, -0.2) is 9.37 Å². The SMILES string of the molecule is COc1ccc(C(=O)CSc2n[nH]c(-c3ccccc3F)n2)cc1. The van der Waals surface area contributed by atoms with E-state index in [9.17, 15) is 9.18 Å². The van der Waals surface area contributed by atoms with Crippen LogP contribution in [0.5, 0.6) is 5.75 Å². The molecule has 3 rings (SSSR count). The first kappa shape index (κ1) is 16.2. The summed E-state index contributed by atoms with van der Waals surface area (Å²) >= 11 is 1.20. The van der Waals surface area contributed by atoms with E-state index in [1.54, 1.807) is 49.6 Å². The Morgan fingerprint density at radius 3 is 2.67 bits per heavy atom. The van der Waals surface area contributed by atoms with E-state index in [1.807, 2.05) is 0 Å². The molecule has 0 bridgehead atoms. The van der Waals surface area contributed by atoms with Gasteiger partial charge in [0.2, 0.25) is 5.16 Å². The van der Waals surface area contributed by atoms with Crippen molar-refractivity contribution < 1.29 is 13.9 Å². The maximum atomic E-state index is 13.7. The molecule has 0 saturated carbocycles. The average molecular weight is 343 g/mol. The molecule has 1 N–H and O–H groups in total. The third kappa shape index (κ3) is 3.62. The van der Waals surface area contributed by atoms with Gasteiger partial charge in [0.15, 0.2) is 11.6 Å². The molecule has 0 unspecified atom stereocenters. The molecule has 24 heavy (non-hydrogen) atoms. The molecule has 0 radical (unpaired) electrons. The van der Waals surface area contributed by atoms with Crippen LogP contribution in [0.1, 0.15) is 10.4 Å². The van der Waals surface area contributed by atoms with Gasteiger partial charge in [0.1, 0.15) is 11.6 Å². The van der Waals surface area contributed by atoms with E-state index in [-0.39, 0.29) is 17.4 Å². The Hall–Kier alpha value is -2.67. The first-order valence-electron chi connectivity index (χ1n) is 7.14. The predicted octanol–water partition coefficient (Wildman–Crippen LogP) is 3.59. The number of aromatic nitrogens is 3. The van der Waals surface area contributed by atoms with Gasteiger partial charge in [-0.1, -0.05) is 23.9 Å². The molecule has 0 spiro atoms. The fourth-order valence-corrected chi connectivity index (χ4v) is 2.77. The number of benzene rings is 2. The van der Waals surface area contributed by atoms with Crippen molar-refractivity contribution in [1.82, 2.24) is 15.2 Å². The average Bonchev–Trinajstić information content (AvgIpc) is 3.09. The molecule has 7 heteroatoms. The molecule has 122 valence electrons. The van der Waals surface area contributed by atoms with Crippen molar-refractivity contribution >= 4 is 17.5 Å². The molecular formula is C17H14FN3O2S.